The van der Waals surface area contributed by atoms with Crippen molar-refractivity contribution < 1.29 is 14.6 Å². The number of hydrogen-bond acceptors (Lipinski definition) is 3. The predicted molar refractivity (Wildman–Crippen MR) is 93.0 cm³/mol. The van der Waals surface area contributed by atoms with E-state index in [0.29, 0.717) is 12.2 Å². The molecular weight excluding hydrogens is 302 g/mol. The van der Waals surface area contributed by atoms with Crippen molar-refractivity contribution in [1.29, 1.82) is 0 Å². The minimum atomic E-state index is -0.733. The summed E-state index contributed by atoms with van der Waals surface area (Å²) in [6, 6.07) is 15.2. The van der Waals surface area contributed by atoms with Gasteiger partial charge in [0, 0.05) is 12.5 Å². The first-order valence-electron chi connectivity index (χ1n) is 8.11. The number of nitrogens with one attached hydrogen (secondary N) is 1. The topological polar surface area (TPSA) is 58.6 Å². The number of carbonyl (C=O) groups is 1. The van der Waals surface area contributed by atoms with Gasteiger partial charge in [0.15, 0.2) is 0 Å². The first-order valence-corrected chi connectivity index (χ1v) is 8.11. The number of hydrogen-bond donors (Lipinski definition) is 2. The minimum absolute atomic E-state index is 0.0125. The summed E-state index contributed by atoms with van der Waals surface area (Å²) in [5.41, 5.74) is 1.81. The van der Waals surface area contributed by atoms with E-state index in [2.05, 4.69) is 5.32 Å². The van der Waals surface area contributed by atoms with Crippen molar-refractivity contribution >= 4 is 5.91 Å². The van der Waals surface area contributed by atoms with Crippen LogP contribution in [-0.2, 0) is 4.79 Å². The number of amides is 1. The maximum Gasteiger partial charge on any atom is 0.220 e. The Morgan fingerprint density at radius 2 is 2.08 bits per heavy atom. The van der Waals surface area contributed by atoms with Crippen LogP contribution in [0.5, 0.6) is 11.5 Å². The highest BCUT2D eigenvalue weighted by molar-refractivity contribution is 5.78. The van der Waals surface area contributed by atoms with Crippen LogP contribution in [0.3, 0.4) is 0 Å². The molecule has 0 radical (unpaired) electrons. The maximum atomic E-state index is 11.2. The number of aliphatic hydroxyl groups is 1. The Labute approximate surface area is 141 Å². The lowest BCUT2D eigenvalue weighted by molar-refractivity contribution is -0.119. The van der Waals surface area contributed by atoms with Gasteiger partial charge < -0.3 is 15.2 Å². The van der Waals surface area contributed by atoms with Crippen LogP contribution in [0.4, 0.5) is 0 Å². The fourth-order valence-electron chi connectivity index (χ4n) is 2.69. The molecule has 3 rings (SSSR count). The highest BCUT2D eigenvalue weighted by Gasteiger charge is 2.18. The Kier molecular flexibility index (Phi) is 4.96. The summed E-state index contributed by atoms with van der Waals surface area (Å²) in [4.78, 5) is 11.2. The van der Waals surface area contributed by atoms with Crippen LogP contribution in [0.1, 0.15) is 30.1 Å². The van der Waals surface area contributed by atoms with E-state index in [9.17, 15) is 9.90 Å². The van der Waals surface area contributed by atoms with Crippen molar-refractivity contribution in [3.8, 4) is 11.5 Å². The van der Waals surface area contributed by atoms with Gasteiger partial charge >= 0.3 is 0 Å². The molecule has 2 atom stereocenters. The molecule has 2 N–H and O–H groups in total. The highest BCUT2D eigenvalue weighted by Crippen LogP contribution is 2.27. The van der Waals surface area contributed by atoms with Gasteiger partial charge in [0.05, 0.1) is 6.10 Å². The van der Waals surface area contributed by atoms with Gasteiger partial charge in [-0.05, 0) is 42.7 Å². The monoisotopic (exact) mass is 323 g/mol. The van der Waals surface area contributed by atoms with E-state index < -0.39 is 6.10 Å². The number of benzene rings is 2. The van der Waals surface area contributed by atoms with Gasteiger partial charge in [-0.25, -0.2) is 0 Å². The molecule has 1 unspecified atom stereocenters. The molecule has 1 heterocycles. The van der Waals surface area contributed by atoms with Crippen LogP contribution in [0.2, 0.25) is 0 Å². The van der Waals surface area contributed by atoms with Gasteiger partial charge in [-0.2, -0.15) is 0 Å². The summed E-state index contributed by atoms with van der Waals surface area (Å²) in [6.45, 7) is 1.99. The Balaban J connectivity index is 1.69. The number of aryl methyl sites for hydroxylation is 1. The van der Waals surface area contributed by atoms with Crippen LogP contribution in [-0.4, -0.2) is 17.1 Å². The van der Waals surface area contributed by atoms with Crippen molar-refractivity contribution in [2.45, 2.75) is 31.9 Å². The van der Waals surface area contributed by atoms with E-state index in [1.807, 2.05) is 61.5 Å². The van der Waals surface area contributed by atoms with Crippen molar-refractivity contribution in [1.82, 2.24) is 5.32 Å². The molecule has 1 aliphatic heterocycles. The van der Waals surface area contributed by atoms with E-state index in [1.165, 1.54) is 0 Å². The standard InChI is InChI=1S/C20H21NO3/c1-14-5-2-3-8-19(14)24-17-7-4-6-15(13-17)18(22)11-9-16-10-12-20(23)21-16/h2-9,11,13,16,18,22H,10,12H2,1H3,(H,21,23)/b11-9+/t16-,18?/m0/s1. The van der Waals surface area contributed by atoms with E-state index in [0.717, 1.165) is 23.3 Å². The molecule has 24 heavy (non-hydrogen) atoms. The Morgan fingerprint density at radius 3 is 2.83 bits per heavy atom. The first kappa shape index (κ1) is 16.3. The summed E-state index contributed by atoms with van der Waals surface area (Å²) in [5, 5.41) is 13.2. The normalized spacial score (nSPS) is 18.6. The number of aliphatic hydroxyl groups excluding tert-OH is 1. The molecule has 1 fully saturated rings. The van der Waals surface area contributed by atoms with E-state index in [1.54, 1.807) is 6.08 Å². The van der Waals surface area contributed by atoms with Gasteiger partial charge in [0.25, 0.3) is 0 Å². The van der Waals surface area contributed by atoms with Crippen molar-refractivity contribution in [3.05, 3.63) is 71.8 Å². The smallest absolute Gasteiger partial charge is 0.220 e. The Bertz CT molecular complexity index is 754. The zero-order valence-corrected chi connectivity index (χ0v) is 13.6. The second kappa shape index (κ2) is 7.32. The molecule has 1 saturated heterocycles. The molecule has 0 aliphatic carbocycles. The van der Waals surface area contributed by atoms with Gasteiger partial charge in [-0.1, -0.05) is 42.5 Å². The van der Waals surface area contributed by atoms with Crippen LogP contribution < -0.4 is 10.1 Å². The largest absolute Gasteiger partial charge is 0.457 e. The zero-order valence-electron chi connectivity index (χ0n) is 13.6. The van der Waals surface area contributed by atoms with E-state index in [4.69, 9.17) is 4.74 Å². The number of ether oxygens (including phenoxy) is 1. The third-order valence-corrected chi connectivity index (χ3v) is 4.08. The van der Waals surface area contributed by atoms with Crippen molar-refractivity contribution in [2.24, 2.45) is 0 Å². The summed E-state index contributed by atoms with van der Waals surface area (Å²) >= 11 is 0. The van der Waals surface area contributed by atoms with Crippen LogP contribution >= 0.6 is 0 Å². The van der Waals surface area contributed by atoms with Gasteiger partial charge in [0.2, 0.25) is 5.91 Å². The average molecular weight is 323 g/mol. The van der Waals surface area contributed by atoms with Crippen molar-refractivity contribution in [2.75, 3.05) is 0 Å². The van der Waals surface area contributed by atoms with Gasteiger partial charge in [-0.3, -0.25) is 4.79 Å². The second-order valence-electron chi connectivity index (χ2n) is 5.98. The number of para-hydroxylation sites is 1. The third kappa shape index (κ3) is 4.03. The van der Waals surface area contributed by atoms with Gasteiger partial charge in [0.1, 0.15) is 11.5 Å². The van der Waals surface area contributed by atoms with Crippen LogP contribution in [0.15, 0.2) is 60.7 Å². The molecule has 1 amide bonds. The predicted octanol–water partition coefficient (Wildman–Crippen LogP) is 3.66. The lowest BCUT2D eigenvalue weighted by Gasteiger charge is -2.12. The summed E-state index contributed by atoms with van der Waals surface area (Å²) in [6.07, 6.45) is 4.15. The maximum absolute atomic E-state index is 11.2. The molecule has 4 heteroatoms. The lowest BCUT2D eigenvalue weighted by Crippen LogP contribution is -2.23. The quantitative estimate of drug-likeness (QED) is 0.826. The molecule has 1 aliphatic rings. The van der Waals surface area contributed by atoms with Gasteiger partial charge in [-0.15, -0.1) is 0 Å². The fraction of sp³-hybridized carbons (Fsp3) is 0.250. The molecule has 4 nitrogen and oxygen atoms in total. The lowest BCUT2D eigenvalue weighted by atomic mass is 10.1. The molecule has 0 aromatic heterocycles. The second-order valence-corrected chi connectivity index (χ2v) is 5.98. The summed E-state index contributed by atoms with van der Waals surface area (Å²) < 4.78 is 5.90. The minimum Gasteiger partial charge on any atom is -0.457 e. The van der Waals surface area contributed by atoms with Crippen LogP contribution in [0, 0.1) is 6.92 Å². The first-order chi connectivity index (χ1) is 11.6. The summed E-state index contributed by atoms with van der Waals surface area (Å²) in [5.74, 6) is 1.55. The number of carbonyl (C=O) groups excluding carboxylic acids is 1. The molecule has 2 aromatic carbocycles. The Hall–Kier alpha value is -2.59. The SMILES string of the molecule is Cc1ccccc1Oc1cccc(C(O)/C=C/[C@H]2CCC(=O)N2)c1. The van der Waals surface area contributed by atoms with E-state index >= 15 is 0 Å². The molecule has 2 aromatic rings. The Morgan fingerprint density at radius 1 is 1.25 bits per heavy atom. The van der Waals surface area contributed by atoms with Crippen molar-refractivity contribution in [3.63, 3.8) is 0 Å². The average Bonchev–Trinajstić information content (AvgIpc) is 3.00. The van der Waals surface area contributed by atoms with Crippen LogP contribution in [0.25, 0.3) is 0 Å². The highest BCUT2D eigenvalue weighted by atomic mass is 16.5. The molecular formula is C20H21NO3. The molecule has 0 bridgehead atoms. The zero-order chi connectivity index (χ0) is 16.9. The fourth-order valence-corrected chi connectivity index (χ4v) is 2.69. The molecule has 124 valence electrons. The number of rotatable bonds is 5. The molecule has 0 saturated carbocycles. The summed E-state index contributed by atoms with van der Waals surface area (Å²) in [7, 11) is 0. The van der Waals surface area contributed by atoms with E-state index in [-0.39, 0.29) is 11.9 Å². The molecule has 0 spiro atoms. The third-order valence-electron chi connectivity index (χ3n) is 4.08.